The molecule has 0 radical (unpaired) electrons. The van der Waals surface area contributed by atoms with E-state index < -0.39 is 23.9 Å². The SMILES string of the molecule is COC(=O)c1cc(NC(=O)[C@@H](C)Oc2cccc3ccccc23)cc(C(=O)OC)c1. The molecule has 1 amide bonds. The van der Waals surface area contributed by atoms with Crippen molar-refractivity contribution in [1.82, 2.24) is 0 Å². The molecule has 3 aromatic carbocycles. The highest BCUT2D eigenvalue weighted by atomic mass is 16.5. The number of rotatable bonds is 6. The molecule has 1 atom stereocenters. The lowest BCUT2D eigenvalue weighted by Gasteiger charge is -2.17. The molecular weight excluding hydrogens is 386 g/mol. The second-order valence-corrected chi connectivity index (χ2v) is 6.51. The predicted octanol–water partition coefficient (Wildman–Crippen LogP) is 3.82. The Hall–Kier alpha value is -3.87. The van der Waals surface area contributed by atoms with Crippen LogP contribution in [0.1, 0.15) is 27.6 Å². The number of fused-ring (bicyclic) bond motifs is 1. The fourth-order valence-corrected chi connectivity index (χ4v) is 2.96. The third-order valence-electron chi connectivity index (χ3n) is 4.47. The molecule has 3 rings (SSSR count). The van der Waals surface area contributed by atoms with Gasteiger partial charge in [-0.15, -0.1) is 0 Å². The van der Waals surface area contributed by atoms with Gasteiger partial charge in [0, 0.05) is 11.1 Å². The van der Waals surface area contributed by atoms with Crippen molar-refractivity contribution in [1.29, 1.82) is 0 Å². The topological polar surface area (TPSA) is 90.9 Å². The van der Waals surface area contributed by atoms with Crippen molar-refractivity contribution in [3.63, 3.8) is 0 Å². The van der Waals surface area contributed by atoms with Crippen molar-refractivity contribution in [2.75, 3.05) is 19.5 Å². The number of amides is 1. The zero-order valence-electron chi connectivity index (χ0n) is 16.8. The van der Waals surface area contributed by atoms with E-state index in [2.05, 4.69) is 5.32 Å². The third kappa shape index (κ3) is 4.57. The molecule has 0 heterocycles. The number of methoxy groups -OCH3 is 2. The van der Waals surface area contributed by atoms with Crippen LogP contribution in [0.4, 0.5) is 5.69 Å². The van der Waals surface area contributed by atoms with Gasteiger partial charge in [0.1, 0.15) is 5.75 Å². The Kier molecular flexibility index (Phi) is 6.32. The lowest BCUT2D eigenvalue weighted by atomic mass is 10.1. The summed E-state index contributed by atoms with van der Waals surface area (Å²) < 4.78 is 15.3. The summed E-state index contributed by atoms with van der Waals surface area (Å²) in [5.74, 6) is -1.15. The van der Waals surface area contributed by atoms with Crippen LogP contribution in [0, 0.1) is 0 Å². The fourth-order valence-electron chi connectivity index (χ4n) is 2.96. The number of esters is 2. The minimum atomic E-state index is -0.834. The Morgan fingerprint density at radius 2 is 1.43 bits per heavy atom. The minimum absolute atomic E-state index is 0.110. The smallest absolute Gasteiger partial charge is 0.337 e. The third-order valence-corrected chi connectivity index (χ3v) is 4.47. The van der Waals surface area contributed by atoms with Gasteiger partial charge < -0.3 is 19.5 Å². The summed E-state index contributed by atoms with van der Waals surface area (Å²) in [5, 5.41) is 4.55. The molecule has 0 aliphatic rings. The molecule has 0 aliphatic carbocycles. The van der Waals surface area contributed by atoms with Crippen LogP contribution in [0.3, 0.4) is 0 Å². The predicted molar refractivity (Wildman–Crippen MR) is 112 cm³/mol. The summed E-state index contributed by atoms with van der Waals surface area (Å²) in [5.41, 5.74) is 0.466. The fraction of sp³-hybridized carbons (Fsp3) is 0.174. The molecule has 0 bridgehead atoms. The van der Waals surface area contributed by atoms with Gasteiger partial charge >= 0.3 is 11.9 Å². The van der Waals surface area contributed by atoms with Crippen LogP contribution >= 0.6 is 0 Å². The van der Waals surface area contributed by atoms with Crippen molar-refractivity contribution in [2.45, 2.75) is 13.0 Å². The summed E-state index contributed by atoms with van der Waals surface area (Å²) >= 11 is 0. The molecule has 1 N–H and O–H groups in total. The Balaban J connectivity index is 1.82. The quantitative estimate of drug-likeness (QED) is 0.625. The summed E-state index contributed by atoms with van der Waals surface area (Å²) in [6.07, 6.45) is -0.834. The highest BCUT2D eigenvalue weighted by molar-refractivity contribution is 6.00. The largest absolute Gasteiger partial charge is 0.480 e. The lowest BCUT2D eigenvalue weighted by molar-refractivity contribution is -0.122. The van der Waals surface area contributed by atoms with E-state index in [0.29, 0.717) is 5.75 Å². The van der Waals surface area contributed by atoms with Gasteiger partial charge in [0.15, 0.2) is 6.10 Å². The van der Waals surface area contributed by atoms with Crippen molar-refractivity contribution in [2.24, 2.45) is 0 Å². The Morgan fingerprint density at radius 1 is 0.833 bits per heavy atom. The van der Waals surface area contributed by atoms with Gasteiger partial charge in [-0.25, -0.2) is 9.59 Å². The van der Waals surface area contributed by atoms with E-state index in [1.54, 1.807) is 13.0 Å². The first kappa shape index (κ1) is 20.9. The number of hydrogen-bond donors (Lipinski definition) is 1. The van der Waals surface area contributed by atoms with E-state index in [-0.39, 0.29) is 16.8 Å². The number of anilines is 1. The molecule has 154 valence electrons. The Morgan fingerprint density at radius 3 is 2.07 bits per heavy atom. The van der Waals surface area contributed by atoms with E-state index in [0.717, 1.165) is 10.8 Å². The van der Waals surface area contributed by atoms with Gasteiger partial charge in [-0.3, -0.25) is 4.79 Å². The van der Waals surface area contributed by atoms with E-state index in [4.69, 9.17) is 14.2 Å². The molecular formula is C23H21NO6. The molecule has 0 fully saturated rings. The maximum absolute atomic E-state index is 12.7. The summed E-state index contributed by atoms with van der Waals surface area (Å²) in [4.78, 5) is 36.5. The minimum Gasteiger partial charge on any atom is -0.480 e. The first-order valence-corrected chi connectivity index (χ1v) is 9.20. The lowest BCUT2D eigenvalue weighted by Crippen LogP contribution is -2.30. The number of benzene rings is 3. The van der Waals surface area contributed by atoms with E-state index >= 15 is 0 Å². The van der Waals surface area contributed by atoms with Gasteiger partial charge in [0.25, 0.3) is 5.91 Å². The number of nitrogens with one attached hydrogen (secondary N) is 1. The number of carbonyl (C=O) groups excluding carboxylic acids is 3. The van der Waals surface area contributed by atoms with E-state index in [1.807, 2.05) is 36.4 Å². The van der Waals surface area contributed by atoms with Crippen LogP contribution < -0.4 is 10.1 Å². The van der Waals surface area contributed by atoms with Crippen molar-refractivity contribution >= 4 is 34.3 Å². The van der Waals surface area contributed by atoms with E-state index in [9.17, 15) is 14.4 Å². The Bertz CT molecular complexity index is 1070. The van der Waals surface area contributed by atoms with Crippen LogP contribution in [-0.2, 0) is 14.3 Å². The summed E-state index contributed by atoms with van der Waals surface area (Å²) in [6.45, 7) is 1.61. The Labute approximate surface area is 173 Å². The van der Waals surface area contributed by atoms with Gasteiger partial charge in [0.2, 0.25) is 0 Å². The highest BCUT2D eigenvalue weighted by Gasteiger charge is 2.19. The number of ether oxygens (including phenoxy) is 3. The first-order valence-electron chi connectivity index (χ1n) is 9.20. The molecule has 0 saturated heterocycles. The van der Waals surface area contributed by atoms with Crippen molar-refractivity contribution in [3.8, 4) is 5.75 Å². The van der Waals surface area contributed by atoms with Crippen LogP contribution in [0.5, 0.6) is 5.75 Å². The average Bonchev–Trinajstić information content (AvgIpc) is 2.77. The molecule has 7 heteroatoms. The van der Waals surface area contributed by atoms with Crippen LogP contribution in [-0.4, -0.2) is 38.2 Å². The second-order valence-electron chi connectivity index (χ2n) is 6.51. The molecule has 3 aromatic rings. The molecule has 0 aromatic heterocycles. The van der Waals surface area contributed by atoms with Crippen LogP contribution in [0.25, 0.3) is 10.8 Å². The standard InChI is InChI=1S/C23H21NO6/c1-14(30-20-10-6-8-15-7-4-5-9-19(15)20)21(25)24-18-12-16(22(26)28-2)11-17(13-18)23(27)29-3/h4-14H,1-3H3,(H,24,25)/t14-/m1/s1. The molecule has 0 spiro atoms. The molecule has 7 nitrogen and oxygen atoms in total. The summed E-state index contributed by atoms with van der Waals surface area (Å²) in [6, 6.07) is 17.5. The first-order chi connectivity index (χ1) is 14.4. The van der Waals surface area contributed by atoms with Crippen molar-refractivity contribution in [3.05, 3.63) is 71.8 Å². The van der Waals surface area contributed by atoms with Crippen molar-refractivity contribution < 1.29 is 28.6 Å². The van der Waals surface area contributed by atoms with Gasteiger partial charge in [-0.1, -0.05) is 36.4 Å². The molecule has 0 aliphatic heterocycles. The van der Waals surface area contributed by atoms with Crippen LogP contribution in [0.2, 0.25) is 0 Å². The number of carbonyl (C=O) groups is 3. The highest BCUT2D eigenvalue weighted by Crippen LogP contribution is 2.26. The molecule has 0 unspecified atom stereocenters. The zero-order valence-corrected chi connectivity index (χ0v) is 16.8. The zero-order chi connectivity index (χ0) is 21.7. The molecule has 30 heavy (non-hydrogen) atoms. The van der Waals surface area contributed by atoms with Gasteiger partial charge in [-0.2, -0.15) is 0 Å². The average molecular weight is 407 g/mol. The monoisotopic (exact) mass is 407 g/mol. The maximum Gasteiger partial charge on any atom is 0.337 e. The van der Waals surface area contributed by atoms with Gasteiger partial charge in [0.05, 0.1) is 25.3 Å². The van der Waals surface area contributed by atoms with Gasteiger partial charge in [-0.05, 0) is 36.6 Å². The van der Waals surface area contributed by atoms with E-state index in [1.165, 1.54) is 32.4 Å². The molecule has 0 saturated carbocycles. The maximum atomic E-state index is 12.7. The summed E-state index contributed by atoms with van der Waals surface area (Å²) in [7, 11) is 2.46. The number of hydrogen-bond acceptors (Lipinski definition) is 6. The second kappa shape index (κ2) is 9.09. The normalized spacial score (nSPS) is 11.4. The van der Waals surface area contributed by atoms with Crippen LogP contribution in [0.15, 0.2) is 60.7 Å².